The third-order valence-electron chi connectivity index (χ3n) is 16.8. The molecule has 1 spiro atoms. The Hall–Kier alpha value is -2.57. The molecular weight excluding hydrogens is 781 g/mol. The number of urea groups is 1. The summed E-state index contributed by atoms with van der Waals surface area (Å²) in [4.78, 5) is 60.7. The maximum absolute atomic E-state index is 15.7. The number of ether oxygens (including phenoxy) is 2. The SMILES string of the molecule is NC(=O)NCC#CC1CCC2NC(=O)[C@@]3(C2C1)[C@H](C(=O)NC1NC2CCCCC2S1)[C@H]1C(=O)O[C@H](C2CCCCC2)[C@H](C2CCCCC2)N1[C@@H]3C1CCC(OCCO)CC1. The van der Waals surface area contributed by atoms with E-state index in [0.29, 0.717) is 30.2 Å². The zero-order chi connectivity index (χ0) is 41.4. The van der Waals surface area contributed by atoms with Crippen LogP contribution in [0.3, 0.4) is 0 Å². The molecule has 4 saturated heterocycles. The molecule has 14 heteroatoms. The van der Waals surface area contributed by atoms with Gasteiger partial charge in [0, 0.05) is 29.3 Å². The molecule has 0 aromatic rings. The van der Waals surface area contributed by atoms with Gasteiger partial charge in [-0.25, -0.2) is 4.79 Å². The standard InChI is InChI=1S/C46H70N6O7S/c47-44(57)48-23-9-10-27-17-22-33-32(26-27)46(43(56)49-33)36(41(54)51-45-50-34-15-7-8-16-35(34)60-45)38-42(55)59-39(29-13-5-2-6-14-29)37(28-11-3-1-4-12-28)52(38)40(46)30-18-20-31(21-19-30)58-25-24-53/h27-40,45,50,53H,1-8,11-26H2,(H,49,56)(H,51,54)(H3,47,48,57)/t27?,30?,31?,32?,33?,34?,35?,36-,37-,38-,39+,40+,45?,46-/m0/s1. The van der Waals surface area contributed by atoms with E-state index in [9.17, 15) is 9.90 Å². The summed E-state index contributed by atoms with van der Waals surface area (Å²) in [5.41, 5.74) is 3.88. The third-order valence-corrected chi connectivity index (χ3v) is 18.2. The molecule has 60 heavy (non-hydrogen) atoms. The molecule has 6 unspecified atom stereocenters. The van der Waals surface area contributed by atoms with E-state index < -0.39 is 23.4 Å². The summed E-state index contributed by atoms with van der Waals surface area (Å²) < 4.78 is 13.0. The zero-order valence-electron chi connectivity index (χ0n) is 35.5. The van der Waals surface area contributed by atoms with Crippen molar-refractivity contribution in [1.82, 2.24) is 26.2 Å². The van der Waals surface area contributed by atoms with Crippen molar-refractivity contribution < 1.29 is 33.8 Å². The minimum Gasteiger partial charge on any atom is -0.459 e. The smallest absolute Gasteiger partial charge is 0.324 e. The molecule has 0 aromatic heterocycles. The molecule has 9 rings (SSSR count). The lowest BCUT2D eigenvalue weighted by atomic mass is 9.55. The molecule has 9 aliphatic rings. The molecule has 4 aliphatic heterocycles. The fourth-order valence-corrected chi connectivity index (χ4v) is 15.9. The van der Waals surface area contributed by atoms with Crippen LogP contribution in [0.25, 0.3) is 0 Å². The molecule has 7 N–H and O–H groups in total. The first kappa shape index (κ1) is 42.7. The second-order valence-corrected chi connectivity index (χ2v) is 21.3. The van der Waals surface area contributed by atoms with E-state index in [0.717, 1.165) is 103 Å². The van der Waals surface area contributed by atoms with Crippen LogP contribution in [0.15, 0.2) is 0 Å². The van der Waals surface area contributed by atoms with Gasteiger partial charge < -0.3 is 36.3 Å². The zero-order valence-corrected chi connectivity index (χ0v) is 36.3. The number of fused-ring (bicyclic) bond motifs is 4. The first-order valence-electron chi connectivity index (χ1n) is 24.0. The second-order valence-electron chi connectivity index (χ2n) is 19.9. The van der Waals surface area contributed by atoms with Crippen LogP contribution in [0.1, 0.15) is 135 Å². The van der Waals surface area contributed by atoms with E-state index in [1.165, 1.54) is 25.7 Å². The van der Waals surface area contributed by atoms with Crippen molar-refractivity contribution >= 4 is 35.6 Å². The Kier molecular flexibility index (Phi) is 13.3. The number of primary amides is 1. The van der Waals surface area contributed by atoms with E-state index >= 15 is 14.4 Å². The molecule has 0 radical (unpaired) electrons. The number of rotatable bonds is 9. The highest BCUT2D eigenvalue weighted by atomic mass is 32.2. The van der Waals surface area contributed by atoms with Crippen molar-refractivity contribution in [2.45, 2.75) is 188 Å². The Balaban J connectivity index is 1.16. The van der Waals surface area contributed by atoms with Gasteiger partial charge in [-0.1, -0.05) is 63.2 Å². The third kappa shape index (κ3) is 8.10. The topological polar surface area (TPSA) is 184 Å². The van der Waals surface area contributed by atoms with E-state index in [-0.39, 0.29) is 90.4 Å². The molecule has 5 saturated carbocycles. The fraction of sp³-hybridized carbons (Fsp3) is 0.870. The van der Waals surface area contributed by atoms with E-state index in [1.54, 1.807) is 11.8 Å². The van der Waals surface area contributed by atoms with Gasteiger partial charge in [0.05, 0.1) is 43.2 Å². The molecule has 4 amide bonds. The van der Waals surface area contributed by atoms with Gasteiger partial charge in [0.25, 0.3) is 0 Å². The number of hydrogen-bond acceptors (Lipinski definition) is 10. The van der Waals surface area contributed by atoms with Crippen LogP contribution in [0, 0.1) is 52.8 Å². The Labute approximate surface area is 360 Å². The van der Waals surface area contributed by atoms with Gasteiger partial charge in [-0.05, 0) is 107 Å². The lowest BCUT2D eigenvalue weighted by Gasteiger charge is -2.54. The minimum absolute atomic E-state index is 0.0207. The summed E-state index contributed by atoms with van der Waals surface area (Å²) in [6, 6.07) is -1.68. The Morgan fingerprint density at radius 2 is 1.60 bits per heavy atom. The number of hydrogen-bond donors (Lipinski definition) is 6. The lowest BCUT2D eigenvalue weighted by Crippen LogP contribution is -2.66. The van der Waals surface area contributed by atoms with Crippen molar-refractivity contribution in [2.75, 3.05) is 19.8 Å². The number of nitrogens with two attached hydrogens (primary N) is 1. The summed E-state index contributed by atoms with van der Waals surface area (Å²) in [5.74, 6) is 5.39. The maximum Gasteiger partial charge on any atom is 0.324 e. The molecule has 332 valence electrons. The maximum atomic E-state index is 15.7. The van der Waals surface area contributed by atoms with Crippen molar-refractivity contribution in [2.24, 2.45) is 46.7 Å². The molecule has 0 aromatic carbocycles. The van der Waals surface area contributed by atoms with Gasteiger partial charge in [0.15, 0.2) is 0 Å². The average molecular weight is 851 g/mol. The number of morpholine rings is 1. The molecule has 4 heterocycles. The molecule has 12 atom stereocenters. The monoisotopic (exact) mass is 851 g/mol. The molecule has 5 aliphatic carbocycles. The Morgan fingerprint density at radius 3 is 2.32 bits per heavy atom. The fourth-order valence-electron chi connectivity index (χ4n) is 14.4. The van der Waals surface area contributed by atoms with Gasteiger partial charge in [0.1, 0.15) is 17.6 Å². The van der Waals surface area contributed by atoms with Gasteiger partial charge in [-0.15, -0.1) is 11.8 Å². The van der Waals surface area contributed by atoms with Crippen molar-refractivity contribution in [3.63, 3.8) is 0 Å². The predicted molar refractivity (Wildman–Crippen MR) is 228 cm³/mol. The van der Waals surface area contributed by atoms with Crippen LogP contribution >= 0.6 is 11.8 Å². The second kappa shape index (κ2) is 18.6. The quantitative estimate of drug-likeness (QED) is 0.145. The number of amides is 4. The van der Waals surface area contributed by atoms with Crippen molar-refractivity contribution in [1.29, 1.82) is 0 Å². The number of nitrogens with zero attached hydrogens (tertiary/aromatic N) is 1. The largest absolute Gasteiger partial charge is 0.459 e. The number of aliphatic hydroxyl groups is 1. The Morgan fingerprint density at radius 1 is 0.883 bits per heavy atom. The van der Waals surface area contributed by atoms with Crippen LogP contribution in [-0.4, -0.2) is 107 Å². The summed E-state index contributed by atoms with van der Waals surface area (Å²) >= 11 is 1.80. The number of carbonyl (C=O) groups excluding carboxylic acids is 4. The van der Waals surface area contributed by atoms with Crippen molar-refractivity contribution in [3.8, 4) is 11.8 Å². The van der Waals surface area contributed by atoms with E-state index in [4.69, 9.17) is 15.2 Å². The molecule has 13 nitrogen and oxygen atoms in total. The highest BCUT2D eigenvalue weighted by molar-refractivity contribution is 8.00. The number of thioether (sulfide) groups is 1. The van der Waals surface area contributed by atoms with Gasteiger partial charge >= 0.3 is 12.0 Å². The predicted octanol–water partition coefficient (Wildman–Crippen LogP) is 4.30. The highest BCUT2D eigenvalue weighted by Gasteiger charge is 2.77. The Bertz CT molecular complexity index is 1630. The number of aliphatic hydroxyl groups excluding tert-OH is 1. The van der Waals surface area contributed by atoms with Gasteiger partial charge in [-0.3, -0.25) is 24.6 Å². The van der Waals surface area contributed by atoms with Gasteiger partial charge in [-0.2, -0.15) is 0 Å². The van der Waals surface area contributed by atoms with E-state index in [1.807, 2.05) is 0 Å². The summed E-state index contributed by atoms with van der Waals surface area (Å²) in [6.07, 6.45) is 20.9. The van der Waals surface area contributed by atoms with Crippen LogP contribution in [0.4, 0.5) is 4.79 Å². The number of nitrogens with one attached hydrogen (secondary N) is 4. The summed E-state index contributed by atoms with van der Waals surface area (Å²) in [7, 11) is 0. The van der Waals surface area contributed by atoms with Crippen LogP contribution in [0.5, 0.6) is 0 Å². The normalized spacial score (nSPS) is 42.2. The lowest BCUT2D eigenvalue weighted by molar-refractivity contribution is -0.190. The van der Waals surface area contributed by atoms with Crippen LogP contribution in [-0.2, 0) is 23.9 Å². The average Bonchev–Trinajstić information content (AvgIpc) is 3.92. The van der Waals surface area contributed by atoms with E-state index in [2.05, 4.69) is 38.0 Å². The molecule has 9 fully saturated rings. The van der Waals surface area contributed by atoms with Crippen LogP contribution < -0.4 is 27.0 Å². The highest BCUT2D eigenvalue weighted by Crippen LogP contribution is 2.64. The molecule has 0 bridgehead atoms. The van der Waals surface area contributed by atoms with Crippen molar-refractivity contribution in [3.05, 3.63) is 0 Å². The van der Waals surface area contributed by atoms with Crippen LogP contribution in [0.2, 0.25) is 0 Å². The number of cyclic esters (lactones) is 1. The number of carbonyl (C=O) groups is 4. The van der Waals surface area contributed by atoms with Gasteiger partial charge in [0.2, 0.25) is 11.8 Å². The summed E-state index contributed by atoms with van der Waals surface area (Å²) in [6.45, 7) is 0.433. The first-order chi connectivity index (χ1) is 29.3. The summed E-state index contributed by atoms with van der Waals surface area (Å²) in [5, 5.41) is 23.3. The first-order valence-corrected chi connectivity index (χ1v) is 25.0. The number of esters is 1. The minimum atomic E-state index is -1.18. The molecular formula is C46H70N6O7S.